The Kier molecular flexibility index (Phi) is 6.19. The maximum Gasteiger partial charge on any atom is 0.257 e. The fourth-order valence-electron chi connectivity index (χ4n) is 2.75. The summed E-state index contributed by atoms with van der Waals surface area (Å²) >= 11 is 5.91. The molecule has 10 heteroatoms. The van der Waals surface area contributed by atoms with Crippen molar-refractivity contribution in [1.29, 1.82) is 0 Å². The van der Waals surface area contributed by atoms with Crippen LogP contribution in [0.15, 0.2) is 41.3 Å². The summed E-state index contributed by atoms with van der Waals surface area (Å²) in [6.45, 7) is 1.07. The van der Waals surface area contributed by atoms with E-state index in [-0.39, 0.29) is 40.0 Å². The molecule has 0 saturated carbocycles. The molecule has 0 spiro atoms. The Morgan fingerprint density at radius 2 is 1.93 bits per heavy atom. The third-order valence-electron chi connectivity index (χ3n) is 4.19. The number of carbonyl (C=O) groups is 1. The van der Waals surface area contributed by atoms with Crippen LogP contribution >= 0.6 is 11.6 Å². The van der Waals surface area contributed by atoms with E-state index in [1.807, 2.05) is 0 Å². The molecule has 7 nitrogen and oxygen atoms in total. The maximum absolute atomic E-state index is 13.2. The number of anilines is 1. The lowest BCUT2D eigenvalue weighted by atomic mass is 10.2. The number of amides is 1. The number of nitrogens with zero attached hydrogens (tertiary/aromatic N) is 1. The highest BCUT2D eigenvalue weighted by Gasteiger charge is 2.29. The van der Waals surface area contributed by atoms with Crippen molar-refractivity contribution in [3.8, 4) is 5.75 Å². The van der Waals surface area contributed by atoms with Gasteiger partial charge in [-0.3, -0.25) is 4.79 Å². The lowest BCUT2D eigenvalue weighted by molar-refractivity contribution is 0.0729. The number of hydrogen-bond donors (Lipinski definition) is 1. The highest BCUT2D eigenvalue weighted by molar-refractivity contribution is 7.89. The zero-order valence-corrected chi connectivity index (χ0v) is 16.5. The molecule has 0 atom stereocenters. The van der Waals surface area contributed by atoms with Gasteiger partial charge in [0.05, 0.1) is 30.9 Å². The van der Waals surface area contributed by atoms with Crippen molar-refractivity contribution in [1.82, 2.24) is 4.31 Å². The number of methoxy groups -OCH3 is 1. The Morgan fingerprint density at radius 1 is 1.21 bits per heavy atom. The predicted octanol–water partition coefficient (Wildman–Crippen LogP) is 2.76. The van der Waals surface area contributed by atoms with E-state index in [4.69, 9.17) is 21.1 Å². The first kappa shape index (κ1) is 20.5. The third kappa shape index (κ3) is 4.27. The molecule has 1 heterocycles. The van der Waals surface area contributed by atoms with Crippen molar-refractivity contribution in [3.05, 3.63) is 52.8 Å². The summed E-state index contributed by atoms with van der Waals surface area (Å²) < 4.78 is 50.8. The van der Waals surface area contributed by atoms with E-state index in [0.29, 0.717) is 13.2 Å². The summed E-state index contributed by atoms with van der Waals surface area (Å²) in [6.07, 6.45) is 0. The van der Waals surface area contributed by atoms with Gasteiger partial charge in [-0.25, -0.2) is 12.8 Å². The standard InChI is InChI=1S/C18H18ClFN2O5S/c1-26-16-5-3-13(21-18(23)14-4-2-12(20)10-15(14)19)11-17(16)28(24,25)22-6-8-27-9-7-22/h2-5,10-11H,6-9H2,1H3,(H,21,23). The van der Waals surface area contributed by atoms with Crippen LogP contribution in [0, 0.1) is 5.82 Å². The summed E-state index contributed by atoms with van der Waals surface area (Å²) in [5, 5.41) is 2.53. The van der Waals surface area contributed by atoms with E-state index in [0.717, 1.165) is 12.1 Å². The lowest BCUT2D eigenvalue weighted by Gasteiger charge is -2.26. The van der Waals surface area contributed by atoms with E-state index in [9.17, 15) is 17.6 Å². The van der Waals surface area contributed by atoms with E-state index >= 15 is 0 Å². The molecule has 0 radical (unpaired) electrons. The van der Waals surface area contributed by atoms with Crippen LogP contribution in [-0.4, -0.2) is 52.0 Å². The van der Waals surface area contributed by atoms with Gasteiger partial charge in [-0.2, -0.15) is 4.31 Å². The van der Waals surface area contributed by atoms with Gasteiger partial charge in [0, 0.05) is 18.8 Å². The Hall–Kier alpha value is -2.20. The van der Waals surface area contributed by atoms with E-state index in [2.05, 4.69) is 5.32 Å². The van der Waals surface area contributed by atoms with Crippen LogP contribution in [0.3, 0.4) is 0 Å². The van der Waals surface area contributed by atoms with Crippen LogP contribution < -0.4 is 10.1 Å². The fourth-order valence-corrected chi connectivity index (χ4v) is 4.60. The number of ether oxygens (including phenoxy) is 2. The number of sulfonamides is 1. The largest absolute Gasteiger partial charge is 0.495 e. The topological polar surface area (TPSA) is 84.9 Å². The number of morpholine rings is 1. The average molecular weight is 429 g/mol. The number of carbonyl (C=O) groups excluding carboxylic acids is 1. The maximum atomic E-state index is 13.2. The number of hydrogen-bond acceptors (Lipinski definition) is 5. The Bertz CT molecular complexity index is 993. The molecule has 3 rings (SSSR count). The van der Waals surface area contributed by atoms with Crippen LogP contribution in [-0.2, 0) is 14.8 Å². The van der Waals surface area contributed by atoms with Gasteiger partial charge in [0.2, 0.25) is 10.0 Å². The zero-order valence-electron chi connectivity index (χ0n) is 14.9. The first-order valence-electron chi connectivity index (χ1n) is 8.35. The summed E-state index contributed by atoms with van der Waals surface area (Å²) in [5.74, 6) is -1.00. The SMILES string of the molecule is COc1ccc(NC(=O)c2ccc(F)cc2Cl)cc1S(=O)(=O)N1CCOCC1. The van der Waals surface area contributed by atoms with Crippen molar-refractivity contribution >= 4 is 33.2 Å². The summed E-state index contributed by atoms with van der Waals surface area (Å²) in [4.78, 5) is 12.4. The quantitative estimate of drug-likeness (QED) is 0.791. The van der Waals surface area contributed by atoms with Crippen LogP contribution in [0.5, 0.6) is 5.75 Å². The molecule has 150 valence electrons. The number of nitrogens with one attached hydrogen (secondary N) is 1. The lowest BCUT2D eigenvalue weighted by Crippen LogP contribution is -2.40. The van der Waals surface area contributed by atoms with E-state index in [1.165, 1.54) is 35.7 Å². The fraction of sp³-hybridized carbons (Fsp3) is 0.278. The molecule has 2 aromatic rings. The summed E-state index contributed by atoms with van der Waals surface area (Å²) in [5.41, 5.74) is 0.300. The number of halogens is 2. The van der Waals surface area contributed by atoms with Gasteiger partial charge >= 0.3 is 0 Å². The number of rotatable bonds is 5. The van der Waals surface area contributed by atoms with Gasteiger partial charge in [0.1, 0.15) is 16.5 Å². The van der Waals surface area contributed by atoms with Crippen molar-refractivity contribution in [2.45, 2.75) is 4.90 Å². The zero-order chi connectivity index (χ0) is 20.3. The Morgan fingerprint density at radius 3 is 2.57 bits per heavy atom. The van der Waals surface area contributed by atoms with Gasteiger partial charge in [0.25, 0.3) is 5.91 Å². The van der Waals surface area contributed by atoms with Crippen molar-refractivity contribution in [2.24, 2.45) is 0 Å². The van der Waals surface area contributed by atoms with E-state index in [1.54, 1.807) is 0 Å². The van der Waals surface area contributed by atoms with Gasteiger partial charge in [0.15, 0.2) is 0 Å². The molecule has 1 N–H and O–H groups in total. The molecular formula is C18H18ClFN2O5S. The Labute approximate surface area is 167 Å². The highest BCUT2D eigenvalue weighted by Crippen LogP contribution is 2.30. The average Bonchev–Trinajstić information content (AvgIpc) is 2.68. The van der Waals surface area contributed by atoms with Crippen LogP contribution in [0.1, 0.15) is 10.4 Å². The minimum Gasteiger partial charge on any atom is -0.495 e. The second-order valence-electron chi connectivity index (χ2n) is 5.96. The summed E-state index contributed by atoms with van der Waals surface area (Å²) in [6, 6.07) is 7.67. The minimum atomic E-state index is -3.84. The molecule has 1 aliphatic heterocycles. The van der Waals surface area contributed by atoms with E-state index < -0.39 is 21.7 Å². The first-order valence-corrected chi connectivity index (χ1v) is 10.2. The highest BCUT2D eigenvalue weighted by atomic mass is 35.5. The molecule has 28 heavy (non-hydrogen) atoms. The second-order valence-corrected chi connectivity index (χ2v) is 8.27. The monoisotopic (exact) mass is 428 g/mol. The van der Waals surface area contributed by atoms with Gasteiger partial charge < -0.3 is 14.8 Å². The van der Waals surface area contributed by atoms with Gasteiger partial charge in [-0.05, 0) is 36.4 Å². The van der Waals surface area contributed by atoms with Crippen LogP contribution in [0.2, 0.25) is 5.02 Å². The van der Waals surface area contributed by atoms with Gasteiger partial charge in [-0.15, -0.1) is 0 Å². The van der Waals surface area contributed by atoms with Crippen LogP contribution in [0.25, 0.3) is 0 Å². The molecule has 1 saturated heterocycles. The van der Waals surface area contributed by atoms with Crippen molar-refractivity contribution < 1.29 is 27.1 Å². The molecule has 2 aromatic carbocycles. The number of benzene rings is 2. The molecule has 0 aromatic heterocycles. The first-order chi connectivity index (χ1) is 13.3. The van der Waals surface area contributed by atoms with Crippen molar-refractivity contribution in [2.75, 3.05) is 38.7 Å². The normalized spacial score (nSPS) is 15.2. The molecule has 1 fully saturated rings. The van der Waals surface area contributed by atoms with Crippen LogP contribution in [0.4, 0.5) is 10.1 Å². The smallest absolute Gasteiger partial charge is 0.257 e. The molecular weight excluding hydrogens is 411 g/mol. The molecule has 0 aliphatic carbocycles. The van der Waals surface area contributed by atoms with Gasteiger partial charge in [-0.1, -0.05) is 11.6 Å². The third-order valence-corrected chi connectivity index (χ3v) is 6.42. The summed E-state index contributed by atoms with van der Waals surface area (Å²) in [7, 11) is -2.47. The molecule has 0 bridgehead atoms. The Balaban J connectivity index is 1.91. The predicted molar refractivity (Wildman–Crippen MR) is 102 cm³/mol. The molecule has 1 aliphatic rings. The molecule has 1 amide bonds. The minimum absolute atomic E-state index is 0.0489. The molecule has 0 unspecified atom stereocenters. The van der Waals surface area contributed by atoms with Crippen molar-refractivity contribution in [3.63, 3.8) is 0 Å². The second kappa shape index (κ2) is 8.44.